The second-order valence-electron chi connectivity index (χ2n) is 6.43. The van der Waals surface area contributed by atoms with Gasteiger partial charge in [-0.05, 0) is 31.0 Å². The van der Waals surface area contributed by atoms with Crippen LogP contribution >= 0.6 is 0 Å². The molecular weight excluding hydrogens is 336 g/mol. The average Bonchev–Trinajstić information content (AvgIpc) is 3.07. The Balaban J connectivity index is 1.68. The number of oxazole rings is 1. The van der Waals surface area contributed by atoms with Crippen LogP contribution in [0.25, 0.3) is 11.5 Å². The maximum absolute atomic E-state index is 12.8. The number of amides is 1. The van der Waals surface area contributed by atoms with Gasteiger partial charge >= 0.3 is 0 Å². The summed E-state index contributed by atoms with van der Waals surface area (Å²) >= 11 is 0. The van der Waals surface area contributed by atoms with Crippen molar-refractivity contribution in [1.29, 1.82) is 0 Å². The summed E-state index contributed by atoms with van der Waals surface area (Å²) in [5.41, 5.74) is 2.81. The lowest BCUT2D eigenvalue weighted by Crippen LogP contribution is -2.34. The highest BCUT2D eigenvalue weighted by Crippen LogP contribution is 2.22. The van der Waals surface area contributed by atoms with Crippen LogP contribution in [0.3, 0.4) is 0 Å². The predicted octanol–water partition coefficient (Wildman–Crippen LogP) is 4.45. The minimum Gasteiger partial charge on any atom is -0.441 e. The molecule has 1 aromatic heterocycles. The fraction of sp³-hybridized carbons (Fsp3) is 0.217. The Bertz CT molecular complexity index is 885. The molecule has 1 amide bonds. The SMILES string of the molecule is C=CCN(CCc1ccccc1)C(=O)Cc1nc(-c2ccccc2)oc1C. The summed E-state index contributed by atoms with van der Waals surface area (Å²) in [6, 6.07) is 19.9. The topological polar surface area (TPSA) is 46.3 Å². The van der Waals surface area contributed by atoms with Gasteiger partial charge in [0.15, 0.2) is 0 Å². The zero-order chi connectivity index (χ0) is 19.1. The third-order valence-electron chi connectivity index (χ3n) is 4.45. The van der Waals surface area contributed by atoms with Gasteiger partial charge in [-0.25, -0.2) is 4.98 Å². The lowest BCUT2D eigenvalue weighted by molar-refractivity contribution is -0.130. The van der Waals surface area contributed by atoms with Crippen LogP contribution < -0.4 is 0 Å². The molecule has 3 rings (SSSR count). The van der Waals surface area contributed by atoms with Crippen molar-refractivity contribution in [3.63, 3.8) is 0 Å². The van der Waals surface area contributed by atoms with E-state index in [9.17, 15) is 4.79 Å². The number of benzene rings is 2. The molecule has 1 heterocycles. The van der Waals surface area contributed by atoms with Crippen molar-refractivity contribution in [1.82, 2.24) is 9.88 Å². The molecule has 0 radical (unpaired) electrons. The van der Waals surface area contributed by atoms with Crippen molar-refractivity contribution in [2.24, 2.45) is 0 Å². The van der Waals surface area contributed by atoms with E-state index in [0.717, 1.165) is 12.0 Å². The van der Waals surface area contributed by atoms with Crippen molar-refractivity contribution < 1.29 is 9.21 Å². The number of carbonyl (C=O) groups excluding carboxylic acids is 1. The van der Waals surface area contributed by atoms with E-state index in [1.807, 2.05) is 60.4 Å². The number of nitrogens with zero attached hydrogens (tertiary/aromatic N) is 2. The zero-order valence-electron chi connectivity index (χ0n) is 15.6. The first-order valence-electron chi connectivity index (χ1n) is 9.11. The standard InChI is InChI=1S/C23H24N2O2/c1-3-15-25(16-14-19-10-6-4-7-11-19)22(26)17-21-18(2)27-23(24-21)20-12-8-5-9-13-20/h3-13H,1,14-17H2,2H3. The molecule has 0 aliphatic rings. The first kappa shape index (κ1) is 18.6. The summed E-state index contributed by atoms with van der Waals surface area (Å²) in [6.45, 7) is 6.80. The van der Waals surface area contributed by atoms with Crippen LogP contribution in [0.1, 0.15) is 17.0 Å². The first-order valence-corrected chi connectivity index (χ1v) is 9.11. The average molecular weight is 360 g/mol. The predicted molar refractivity (Wildman–Crippen MR) is 107 cm³/mol. The minimum absolute atomic E-state index is 0.0295. The molecule has 0 atom stereocenters. The molecule has 0 unspecified atom stereocenters. The molecular formula is C23H24N2O2. The van der Waals surface area contributed by atoms with Crippen molar-refractivity contribution in [3.05, 3.63) is 90.3 Å². The molecule has 0 aliphatic heterocycles. The van der Waals surface area contributed by atoms with Gasteiger partial charge in [-0.2, -0.15) is 0 Å². The van der Waals surface area contributed by atoms with E-state index in [0.29, 0.717) is 30.4 Å². The summed E-state index contributed by atoms with van der Waals surface area (Å²) in [7, 11) is 0. The fourth-order valence-corrected chi connectivity index (χ4v) is 2.93. The number of carbonyl (C=O) groups is 1. The van der Waals surface area contributed by atoms with Gasteiger partial charge in [0.1, 0.15) is 5.76 Å². The van der Waals surface area contributed by atoms with Crippen molar-refractivity contribution >= 4 is 5.91 Å². The van der Waals surface area contributed by atoms with Crippen molar-refractivity contribution in [3.8, 4) is 11.5 Å². The molecule has 4 heteroatoms. The smallest absolute Gasteiger partial charge is 0.229 e. The maximum Gasteiger partial charge on any atom is 0.229 e. The molecule has 138 valence electrons. The summed E-state index contributed by atoms with van der Waals surface area (Å²) in [5, 5.41) is 0. The molecule has 0 saturated heterocycles. The number of rotatable bonds is 8. The highest BCUT2D eigenvalue weighted by molar-refractivity contribution is 5.79. The summed E-state index contributed by atoms with van der Waals surface area (Å²) < 4.78 is 5.77. The van der Waals surface area contributed by atoms with Crippen molar-refractivity contribution in [2.75, 3.05) is 13.1 Å². The Kier molecular flexibility index (Phi) is 6.21. The van der Waals surface area contributed by atoms with Crippen LogP contribution in [0.4, 0.5) is 0 Å². The van der Waals surface area contributed by atoms with Crippen LogP contribution in [0, 0.1) is 6.92 Å². The quantitative estimate of drug-likeness (QED) is 0.558. The van der Waals surface area contributed by atoms with E-state index < -0.39 is 0 Å². The molecule has 0 saturated carbocycles. The summed E-state index contributed by atoms with van der Waals surface area (Å²) in [6.07, 6.45) is 2.80. The Labute approximate surface area is 160 Å². The summed E-state index contributed by atoms with van der Waals surface area (Å²) in [5.74, 6) is 1.26. The van der Waals surface area contributed by atoms with Crippen LogP contribution in [0.15, 0.2) is 77.7 Å². The highest BCUT2D eigenvalue weighted by Gasteiger charge is 2.18. The maximum atomic E-state index is 12.8. The number of aryl methyl sites for hydroxylation is 1. The highest BCUT2D eigenvalue weighted by atomic mass is 16.4. The van der Waals surface area contributed by atoms with Crippen LogP contribution in [0.2, 0.25) is 0 Å². The number of hydrogen-bond donors (Lipinski definition) is 0. The lowest BCUT2D eigenvalue weighted by atomic mass is 10.1. The van der Waals surface area contributed by atoms with Gasteiger partial charge in [0.05, 0.1) is 12.1 Å². The Morgan fingerprint density at radius 2 is 1.78 bits per heavy atom. The van der Waals surface area contributed by atoms with E-state index in [1.54, 1.807) is 6.08 Å². The third-order valence-corrected chi connectivity index (χ3v) is 4.45. The van der Waals surface area contributed by atoms with Gasteiger partial charge in [-0.1, -0.05) is 54.6 Å². The molecule has 3 aromatic rings. The van der Waals surface area contributed by atoms with E-state index in [4.69, 9.17) is 4.42 Å². The van der Waals surface area contributed by atoms with Crippen molar-refractivity contribution in [2.45, 2.75) is 19.8 Å². The molecule has 4 nitrogen and oxygen atoms in total. The lowest BCUT2D eigenvalue weighted by Gasteiger charge is -2.21. The van der Waals surface area contributed by atoms with Gasteiger partial charge < -0.3 is 9.32 Å². The van der Waals surface area contributed by atoms with Gasteiger partial charge in [-0.3, -0.25) is 4.79 Å². The van der Waals surface area contributed by atoms with Gasteiger partial charge in [-0.15, -0.1) is 6.58 Å². The molecule has 27 heavy (non-hydrogen) atoms. The fourth-order valence-electron chi connectivity index (χ4n) is 2.93. The van der Waals surface area contributed by atoms with Gasteiger partial charge in [0, 0.05) is 18.7 Å². The minimum atomic E-state index is 0.0295. The van der Waals surface area contributed by atoms with Crippen LogP contribution in [-0.4, -0.2) is 28.9 Å². The Morgan fingerprint density at radius 1 is 1.11 bits per heavy atom. The molecule has 0 N–H and O–H groups in total. The largest absolute Gasteiger partial charge is 0.441 e. The molecule has 0 spiro atoms. The second kappa shape index (κ2) is 8.99. The van der Waals surface area contributed by atoms with E-state index in [2.05, 4.69) is 23.7 Å². The van der Waals surface area contributed by atoms with Gasteiger partial charge in [0.25, 0.3) is 0 Å². The normalized spacial score (nSPS) is 10.6. The molecule has 0 fully saturated rings. The second-order valence-corrected chi connectivity index (χ2v) is 6.43. The van der Waals surface area contributed by atoms with E-state index in [1.165, 1.54) is 5.56 Å². The van der Waals surface area contributed by atoms with E-state index >= 15 is 0 Å². The Hall–Kier alpha value is -3.14. The molecule has 2 aromatic carbocycles. The summed E-state index contributed by atoms with van der Waals surface area (Å²) in [4.78, 5) is 19.2. The van der Waals surface area contributed by atoms with E-state index in [-0.39, 0.29) is 12.3 Å². The monoisotopic (exact) mass is 360 g/mol. The number of hydrogen-bond acceptors (Lipinski definition) is 3. The Morgan fingerprint density at radius 3 is 2.44 bits per heavy atom. The van der Waals surface area contributed by atoms with Crippen LogP contribution in [0.5, 0.6) is 0 Å². The first-order chi connectivity index (χ1) is 13.2. The number of aromatic nitrogens is 1. The van der Waals surface area contributed by atoms with Crippen LogP contribution in [-0.2, 0) is 17.6 Å². The molecule has 0 bridgehead atoms. The molecule has 0 aliphatic carbocycles. The van der Waals surface area contributed by atoms with Gasteiger partial charge in [0.2, 0.25) is 11.8 Å². The zero-order valence-corrected chi connectivity index (χ0v) is 15.6. The third kappa shape index (κ3) is 4.94.